The SMILES string of the molecule is Cn1cnnc1C1CCCN(c2ncnc3c2cnn3CCO)C1. The molecule has 0 radical (unpaired) electrons. The average Bonchev–Trinajstić information content (AvgIpc) is 3.22. The number of hydrogen-bond acceptors (Lipinski definition) is 7. The summed E-state index contributed by atoms with van der Waals surface area (Å²) in [4.78, 5) is 11.1. The Morgan fingerprint density at radius 1 is 1.33 bits per heavy atom. The van der Waals surface area contributed by atoms with E-state index in [1.807, 2.05) is 11.6 Å². The van der Waals surface area contributed by atoms with Gasteiger partial charge in [-0.25, -0.2) is 14.6 Å². The standard InChI is InChI=1S/C15H20N8O/c1-21-10-18-20-13(21)11-3-2-4-22(8-11)14-12-7-19-23(5-6-24)15(12)17-9-16-14/h7,9-11,24H,2-6,8H2,1H3. The fraction of sp³-hybridized carbons (Fsp3) is 0.533. The number of anilines is 1. The Morgan fingerprint density at radius 3 is 3.04 bits per heavy atom. The topological polar surface area (TPSA) is 97.8 Å². The molecule has 1 aliphatic rings. The van der Waals surface area contributed by atoms with Gasteiger partial charge in [0.15, 0.2) is 5.65 Å². The van der Waals surface area contributed by atoms with E-state index in [0.717, 1.165) is 48.6 Å². The number of aliphatic hydroxyl groups is 1. The molecule has 0 spiro atoms. The van der Waals surface area contributed by atoms with Gasteiger partial charge in [-0.3, -0.25) is 0 Å². The van der Waals surface area contributed by atoms with Gasteiger partial charge < -0.3 is 14.6 Å². The first-order chi connectivity index (χ1) is 11.8. The molecule has 4 rings (SSSR count). The third kappa shape index (κ3) is 2.50. The van der Waals surface area contributed by atoms with E-state index < -0.39 is 0 Å². The van der Waals surface area contributed by atoms with Crippen molar-refractivity contribution in [1.29, 1.82) is 0 Å². The van der Waals surface area contributed by atoms with Crippen molar-refractivity contribution >= 4 is 16.9 Å². The van der Waals surface area contributed by atoms with Gasteiger partial charge in [-0.1, -0.05) is 0 Å². The molecule has 4 heterocycles. The highest BCUT2D eigenvalue weighted by atomic mass is 16.3. The second-order valence-electron chi connectivity index (χ2n) is 6.11. The maximum Gasteiger partial charge on any atom is 0.163 e. The van der Waals surface area contributed by atoms with Gasteiger partial charge in [0.2, 0.25) is 0 Å². The molecule has 1 aliphatic heterocycles. The van der Waals surface area contributed by atoms with E-state index in [4.69, 9.17) is 5.11 Å². The van der Waals surface area contributed by atoms with Crippen molar-refractivity contribution in [3.63, 3.8) is 0 Å². The normalized spacial score (nSPS) is 18.4. The van der Waals surface area contributed by atoms with Crippen molar-refractivity contribution in [2.75, 3.05) is 24.6 Å². The van der Waals surface area contributed by atoms with Crippen LogP contribution >= 0.6 is 0 Å². The van der Waals surface area contributed by atoms with Crippen molar-refractivity contribution < 1.29 is 5.11 Å². The number of aryl methyl sites for hydroxylation is 1. The lowest BCUT2D eigenvalue weighted by Crippen LogP contribution is -2.36. The molecule has 9 heteroatoms. The summed E-state index contributed by atoms with van der Waals surface area (Å²) in [5.41, 5.74) is 0.759. The van der Waals surface area contributed by atoms with Crippen LogP contribution in [-0.4, -0.2) is 59.3 Å². The number of hydrogen-bond donors (Lipinski definition) is 1. The maximum atomic E-state index is 9.15. The van der Waals surface area contributed by atoms with Gasteiger partial charge in [0, 0.05) is 26.1 Å². The fourth-order valence-electron chi connectivity index (χ4n) is 3.43. The zero-order valence-electron chi connectivity index (χ0n) is 13.6. The Kier molecular flexibility index (Phi) is 3.85. The number of aliphatic hydroxyl groups excluding tert-OH is 1. The lowest BCUT2D eigenvalue weighted by atomic mass is 9.97. The molecular formula is C15H20N8O. The summed E-state index contributed by atoms with van der Waals surface area (Å²) in [6.45, 7) is 2.27. The highest BCUT2D eigenvalue weighted by Gasteiger charge is 2.27. The third-order valence-electron chi connectivity index (χ3n) is 4.56. The molecule has 24 heavy (non-hydrogen) atoms. The molecule has 0 aromatic carbocycles. The number of rotatable bonds is 4. The minimum absolute atomic E-state index is 0.0358. The summed E-state index contributed by atoms with van der Waals surface area (Å²) in [6, 6.07) is 0. The van der Waals surface area contributed by atoms with Crippen LogP contribution in [-0.2, 0) is 13.6 Å². The van der Waals surface area contributed by atoms with Crippen LogP contribution in [0.4, 0.5) is 5.82 Å². The van der Waals surface area contributed by atoms with Crippen LogP contribution in [0.1, 0.15) is 24.6 Å². The summed E-state index contributed by atoms with van der Waals surface area (Å²) >= 11 is 0. The number of nitrogens with zero attached hydrogens (tertiary/aromatic N) is 8. The van der Waals surface area contributed by atoms with Crippen molar-refractivity contribution in [2.24, 2.45) is 7.05 Å². The van der Waals surface area contributed by atoms with E-state index in [-0.39, 0.29) is 6.61 Å². The lowest BCUT2D eigenvalue weighted by Gasteiger charge is -2.33. The molecule has 1 unspecified atom stereocenters. The molecule has 3 aromatic rings. The van der Waals surface area contributed by atoms with Crippen molar-refractivity contribution in [3.05, 3.63) is 24.7 Å². The second kappa shape index (κ2) is 6.16. The molecule has 126 valence electrons. The molecule has 3 aromatic heterocycles. The maximum absolute atomic E-state index is 9.15. The first-order valence-electron chi connectivity index (χ1n) is 8.14. The molecule has 0 amide bonds. The van der Waals surface area contributed by atoms with Crippen LogP contribution in [0.5, 0.6) is 0 Å². The molecule has 9 nitrogen and oxygen atoms in total. The van der Waals surface area contributed by atoms with Crippen LogP contribution in [0.3, 0.4) is 0 Å². The van der Waals surface area contributed by atoms with Gasteiger partial charge in [0.05, 0.1) is 24.7 Å². The van der Waals surface area contributed by atoms with E-state index >= 15 is 0 Å². The van der Waals surface area contributed by atoms with Gasteiger partial charge in [0.1, 0.15) is 24.3 Å². The van der Waals surface area contributed by atoms with E-state index in [1.165, 1.54) is 0 Å². The smallest absolute Gasteiger partial charge is 0.163 e. The molecule has 0 bridgehead atoms. The van der Waals surface area contributed by atoms with Gasteiger partial charge in [-0.2, -0.15) is 5.10 Å². The Morgan fingerprint density at radius 2 is 2.25 bits per heavy atom. The van der Waals surface area contributed by atoms with E-state index in [1.54, 1.807) is 23.5 Å². The highest BCUT2D eigenvalue weighted by Crippen LogP contribution is 2.30. The molecule has 0 saturated carbocycles. The Hall–Kier alpha value is -2.55. The lowest BCUT2D eigenvalue weighted by molar-refractivity contribution is 0.271. The first-order valence-corrected chi connectivity index (χ1v) is 8.14. The van der Waals surface area contributed by atoms with Crippen molar-refractivity contribution in [1.82, 2.24) is 34.5 Å². The molecular weight excluding hydrogens is 308 g/mol. The third-order valence-corrected chi connectivity index (χ3v) is 4.56. The van der Waals surface area contributed by atoms with Gasteiger partial charge in [-0.15, -0.1) is 10.2 Å². The average molecular weight is 328 g/mol. The monoisotopic (exact) mass is 328 g/mol. The largest absolute Gasteiger partial charge is 0.394 e. The minimum Gasteiger partial charge on any atom is -0.394 e. The van der Waals surface area contributed by atoms with Crippen LogP contribution in [0, 0.1) is 0 Å². The summed E-state index contributed by atoms with van der Waals surface area (Å²) in [7, 11) is 1.98. The predicted octanol–water partition coefficient (Wildman–Crippen LogP) is 0.331. The fourth-order valence-corrected chi connectivity index (χ4v) is 3.43. The number of fused-ring (bicyclic) bond motifs is 1. The molecule has 1 N–H and O–H groups in total. The summed E-state index contributed by atoms with van der Waals surface area (Å²) in [5, 5.41) is 22.7. The zero-order chi connectivity index (χ0) is 16.5. The van der Waals surface area contributed by atoms with E-state index in [2.05, 4.69) is 30.2 Å². The molecule has 1 fully saturated rings. The number of piperidine rings is 1. The Bertz CT molecular complexity index is 841. The zero-order valence-corrected chi connectivity index (χ0v) is 13.6. The van der Waals surface area contributed by atoms with Crippen LogP contribution in [0.25, 0.3) is 11.0 Å². The molecule has 0 aliphatic carbocycles. The second-order valence-corrected chi connectivity index (χ2v) is 6.11. The molecule has 1 saturated heterocycles. The van der Waals surface area contributed by atoms with Crippen LogP contribution in [0.15, 0.2) is 18.9 Å². The van der Waals surface area contributed by atoms with Gasteiger partial charge >= 0.3 is 0 Å². The van der Waals surface area contributed by atoms with E-state index in [0.29, 0.717) is 12.5 Å². The Labute approximate surface area is 139 Å². The predicted molar refractivity (Wildman–Crippen MR) is 87.6 cm³/mol. The van der Waals surface area contributed by atoms with Crippen molar-refractivity contribution in [2.45, 2.75) is 25.3 Å². The summed E-state index contributed by atoms with van der Waals surface area (Å²) in [6.07, 6.45) is 7.27. The summed E-state index contributed by atoms with van der Waals surface area (Å²) < 4.78 is 3.70. The van der Waals surface area contributed by atoms with E-state index in [9.17, 15) is 0 Å². The van der Waals surface area contributed by atoms with Gasteiger partial charge in [-0.05, 0) is 12.8 Å². The highest BCUT2D eigenvalue weighted by molar-refractivity contribution is 5.86. The van der Waals surface area contributed by atoms with Crippen molar-refractivity contribution in [3.8, 4) is 0 Å². The van der Waals surface area contributed by atoms with Crippen LogP contribution < -0.4 is 4.90 Å². The minimum atomic E-state index is 0.0358. The summed E-state index contributed by atoms with van der Waals surface area (Å²) in [5.74, 6) is 2.25. The Balaban J connectivity index is 1.66. The quantitative estimate of drug-likeness (QED) is 0.737. The van der Waals surface area contributed by atoms with Gasteiger partial charge in [0.25, 0.3) is 0 Å². The van der Waals surface area contributed by atoms with Crippen LogP contribution in [0.2, 0.25) is 0 Å². The first kappa shape index (κ1) is 15.0. The molecule has 1 atom stereocenters. The number of aromatic nitrogens is 7.